The van der Waals surface area contributed by atoms with Crippen LogP contribution in [0.2, 0.25) is 0 Å². The van der Waals surface area contributed by atoms with E-state index < -0.39 is 0 Å². The Balaban J connectivity index is 1.96. The summed E-state index contributed by atoms with van der Waals surface area (Å²) in [5.41, 5.74) is 2.66. The number of nitrogens with zero attached hydrogens (tertiary/aromatic N) is 2. The summed E-state index contributed by atoms with van der Waals surface area (Å²) in [6.45, 7) is 2.30. The first-order chi connectivity index (χ1) is 9.45. The van der Waals surface area contributed by atoms with Crippen molar-refractivity contribution in [2.45, 2.75) is 6.04 Å². The molecule has 1 saturated heterocycles. The zero-order chi connectivity index (χ0) is 12.9. The summed E-state index contributed by atoms with van der Waals surface area (Å²) >= 11 is 2.05. The first kappa shape index (κ1) is 12.7. The van der Waals surface area contributed by atoms with Crippen molar-refractivity contribution in [1.82, 2.24) is 9.88 Å². The molecule has 1 aliphatic rings. The van der Waals surface area contributed by atoms with E-state index in [0.717, 1.165) is 13.1 Å². The lowest BCUT2D eigenvalue weighted by Crippen LogP contribution is -2.36. The number of pyridine rings is 1. The van der Waals surface area contributed by atoms with Crippen molar-refractivity contribution in [3.05, 3.63) is 66.0 Å². The Hall–Kier alpha value is -1.32. The summed E-state index contributed by atoms with van der Waals surface area (Å²) in [7, 11) is 0. The third-order valence-electron chi connectivity index (χ3n) is 3.53. The second-order valence-corrected chi connectivity index (χ2v) is 5.97. The third-order valence-corrected chi connectivity index (χ3v) is 4.47. The number of thioether (sulfide) groups is 1. The largest absolute Gasteiger partial charge is 0.291 e. The molecule has 1 aromatic carbocycles. The molecular formula is C16H18N2S. The highest BCUT2D eigenvalue weighted by atomic mass is 32.2. The molecule has 1 aliphatic heterocycles. The first-order valence-electron chi connectivity index (χ1n) is 6.72. The molecule has 0 amide bonds. The molecule has 0 spiro atoms. The third kappa shape index (κ3) is 2.99. The molecule has 2 heterocycles. The first-order valence-corrected chi connectivity index (χ1v) is 7.87. The Kier molecular flexibility index (Phi) is 4.16. The minimum absolute atomic E-state index is 0.343. The highest BCUT2D eigenvalue weighted by Crippen LogP contribution is 2.29. The van der Waals surface area contributed by atoms with Crippen molar-refractivity contribution in [1.29, 1.82) is 0 Å². The quantitative estimate of drug-likeness (QED) is 0.852. The summed E-state index contributed by atoms with van der Waals surface area (Å²) in [5.74, 6) is 2.45. The van der Waals surface area contributed by atoms with E-state index in [2.05, 4.69) is 46.3 Å². The van der Waals surface area contributed by atoms with Crippen molar-refractivity contribution in [2.75, 3.05) is 24.6 Å². The number of rotatable bonds is 3. The molecule has 1 atom stereocenters. The van der Waals surface area contributed by atoms with Crippen LogP contribution >= 0.6 is 11.8 Å². The molecular weight excluding hydrogens is 252 g/mol. The van der Waals surface area contributed by atoms with Crippen LogP contribution in [0.1, 0.15) is 17.2 Å². The van der Waals surface area contributed by atoms with E-state index in [9.17, 15) is 0 Å². The van der Waals surface area contributed by atoms with Crippen LogP contribution in [-0.2, 0) is 0 Å². The maximum atomic E-state index is 4.29. The Morgan fingerprint density at radius 3 is 2.37 bits per heavy atom. The van der Waals surface area contributed by atoms with Gasteiger partial charge in [-0.3, -0.25) is 9.88 Å². The zero-order valence-electron chi connectivity index (χ0n) is 10.9. The normalized spacial score (nSPS) is 18.1. The molecule has 2 aromatic rings. The van der Waals surface area contributed by atoms with E-state index >= 15 is 0 Å². The Bertz CT molecular complexity index is 455. The average molecular weight is 270 g/mol. The molecule has 1 aromatic heterocycles. The van der Waals surface area contributed by atoms with Gasteiger partial charge in [-0.15, -0.1) is 0 Å². The van der Waals surface area contributed by atoms with E-state index in [1.54, 1.807) is 0 Å². The van der Waals surface area contributed by atoms with Gasteiger partial charge in [0.2, 0.25) is 0 Å². The highest BCUT2D eigenvalue weighted by molar-refractivity contribution is 7.99. The van der Waals surface area contributed by atoms with Gasteiger partial charge < -0.3 is 0 Å². The van der Waals surface area contributed by atoms with Crippen LogP contribution in [0.4, 0.5) is 0 Å². The average Bonchev–Trinajstić information content (AvgIpc) is 2.51. The Morgan fingerprint density at radius 2 is 1.68 bits per heavy atom. The predicted molar refractivity (Wildman–Crippen MR) is 81.4 cm³/mol. The fourth-order valence-electron chi connectivity index (χ4n) is 2.62. The minimum Gasteiger partial charge on any atom is -0.291 e. The van der Waals surface area contributed by atoms with Gasteiger partial charge in [0.1, 0.15) is 0 Å². The Labute approximate surface area is 118 Å². The number of aromatic nitrogens is 1. The molecule has 0 radical (unpaired) electrons. The highest BCUT2D eigenvalue weighted by Gasteiger charge is 2.23. The Morgan fingerprint density at radius 1 is 0.947 bits per heavy atom. The van der Waals surface area contributed by atoms with E-state index in [-0.39, 0.29) is 0 Å². The lowest BCUT2D eigenvalue weighted by atomic mass is 9.98. The van der Waals surface area contributed by atoms with Crippen molar-refractivity contribution in [3.63, 3.8) is 0 Å². The number of benzene rings is 1. The summed E-state index contributed by atoms with van der Waals surface area (Å²) in [6, 6.07) is 15.3. The molecule has 98 valence electrons. The molecule has 2 nitrogen and oxygen atoms in total. The summed E-state index contributed by atoms with van der Waals surface area (Å²) in [4.78, 5) is 6.87. The number of hydrogen-bond donors (Lipinski definition) is 0. The van der Waals surface area contributed by atoms with Crippen molar-refractivity contribution < 1.29 is 0 Å². The van der Waals surface area contributed by atoms with Gasteiger partial charge >= 0.3 is 0 Å². The van der Waals surface area contributed by atoms with Gasteiger partial charge in [0.05, 0.1) is 6.04 Å². The van der Waals surface area contributed by atoms with Crippen LogP contribution in [0.3, 0.4) is 0 Å². The van der Waals surface area contributed by atoms with Gasteiger partial charge in [-0.1, -0.05) is 36.4 Å². The van der Waals surface area contributed by atoms with Crippen LogP contribution < -0.4 is 0 Å². The van der Waals surface area contributed by atoms with Gasteiger partial charge in [-0.2, -0.15) is 11.8 Å². The van der Waals surface area contributed by atoms with Crippen LogP contribution in [0.15, 0.2) is 54.9 Å². The van der Waals surface area contributed by atoms with Gasteiger partial charge in [0.15, 0.2) is 0 Å². The minimum atomic E-state index is 0.343. The molecule has 0 N–H and O–H groups in total. The summed E-state index contributed by atoms with van der Waals surface area (Å²) < 4.78 is 0. The number of hydrogen-bond acceptors (Lipinski definition) is 3. The second-order valence-electron chi connectivity index (χ2n) is 4.75. The van der Waals surface area contributed by atoms with Crippen LogP contribution in [0, 0.1) is 0 Å². The zero-order valence-corrected chi connectivity index (χ0v) is 11.7. The van der Waals surface area contributed by atoms with Crippen molar-refractivity contribution in [2.24, 2.45) is 0 Å². The molecule has 3 rings (SSSR count). The van der Waals surface area contributed by atoms with Gasteiger partial charge in [-0.25, -0.2) is 0 Å². The van der Waals surface area contributed by atoms with Crippen LogP contribution in [0.25, 0.3) is 0 Å². The van der Waals surface area contributed by atoms with E-state index in [1.807, 2.05) is 30.2 Å². The molecule has 3 heteroatoms. The molecule has 0 aliphatic carbocycles. The molecule has 1 fully saturated rings. The monoisotopic (exact) mass is 270 g/mol. The molecule has 19 heavy (non-hydrogen) atoms. The van der Waals surface area contributed by atoms with E-state index in [1.165, 1.54) is 22.6 Å². The van der Waals surface area contributed by atoms with Gasteiger partial charge in [0, 0.05) is 37.0 Å². The molecule has 1 unspecified atom stereocenters. The predicted octanol–water partition coefficient (Wildman–Crippen LogP) is 3.22. The summed E-state index contributed by atoms with van der Waals surface area (Å²) in [5, 5.41) is 0. The van der Waals surface area contributed by atoms with Crippen LogP contribution in [0.5, 0.6) is 0 Å². The fourth-order valence-corrected chi connectivity index (χ4v) is 3.55. The maximum Gasteiger partial charge on any atom is 0.0617 e. The maximum absolute atomic E-state index is 4.29. The van der Waals surface area contributed by atoms with Crippen molar-refractivity contribution in [3.8, 4) is 0 Å². The van der Waals surface area contributed by atoms with Gasteiger partial charge in [0.25, 0.3) is 0 Å². The van der Waals surface area contributed by atoms with Crippen molar-refractivity contribution >= 4 is 11.8 Å². The standard InChI is InChI=1S/C16H18N2S/c1-2-5-14(6-3-1)16(15-7-4-8-17-13-15)18-9-11-19-12-10-18/h1-8,13,16H,9-12H2. The SMILES string of the molecule is c1ccc(C(c2cccnc2)N2CCSCC2)cc1. The van der Waals surface area contributed by atoms with E-state index in [0.29, 0.717) is 6.04 Å². The molecule has 0 saturated carbocycles. The lowest BCUT2D eigenvalue weighted by molar-refractivity contribution is 0.249. The van der Waals surface area contributed by atoms with E-state index in [4.69, 9.17) is 0 Å². The van der Waals surface area contributed by atoms with Gasteiger partial charge in [-0.05, 0) is 17.2 Å². The van der Waals surface area contributed by atoms with Crippen LogP contribution in [-0.4, -0.2) is 34.5 Å². The fraction of sp³-hybridized carbons (Fsp3) is 0.312. The second kappa shape index (κ2) is 6.22. The smallest absolute Gasteiger partial charge is 0.0617 e. The topological polar surface area (TPSA) is 16.1 Å². The molecule has 0 bridgehead atoms. The summed E-state index contributed by atoms with van der Waals surface area (Å²) in [6.07, 6.45) is 3.84. The lowest BCUT2D eigenvalue weighted by Gasteiger charge is -2.34.